The molecule has 0 radical (unpaired) electrons. The van der Waals surface area contributed by atoms with Crippen LogP contribution < -0.4 is 5.32 Å². The lowest BCUT2D eigenvalue weighted by Gasteiger charge is -2.20. The van der Waals surface area contributed by atoms with Crippen molar-refractivity contribution in [2.24, 2.45) is 0 Å². The fourth-order valence-electron chi connectivity index (χ4n) is 4.13. The normalized spacial score (nSPS) is 11.7. The first-order valence-electron chi connectivity index (χ1n) is 11.5. The Morgan fingerprint density at radius 1 is 0.800 bits per heavy atom. The molecule has 0 aliphatic carbocycles. The average Bonchev–Trinajstić information content (AvgIpc) is 3.36. The third-order valence-electron chi connectivity index (χ3n) is 5.88. The molecule has 5 aromatic rings. The van der Waals surface area contributed by atoms with E-state index >= 15 is 0 Å². The van der Waals surface area contributed by atoms with Crippen molar-refractivity contribution in [1.82, 2.24) is 15.1 Å². The SMILES string of the molecule is O=C(NC(Cc1ccccc1)c1ccccc1)c1cc(-c2ccccc2Cl)nn1-c1ccccc1. The van der Waals surface area contributed by atoms with Gasteiger partial charge in [0.25, 0.3) is 5.91 Å². The molecule has 1 aromatic heterocycles. The quantitative estimate of drug-likeness (QED) is 0.277. The number of rotatable bonds is 7. The number of halogens is 1. The van der Waals surface area contributed by atoms with Crippen LogP contribution in [0.15, 0.2) is 121 Å². The van der Waals surface area contributed by atoms with Gasteiger partial charge in [0.05, 0.1) is 22.4 Å². The van der Waals surface area contributed by atoms with Crippen LogP contribution in [-0.4, -0.2) is 15.7 Å². The third-order valence-corrected chi connectivity index (χ3v) is 6.21. The van der Waals surface area contributed by atoms with Gasteiger partial charge in [0.1, 0.15) is 5.69 Å². The summed E-state index contributed by atoms with van der Waals surface area (Å²) in [6, 6.07) is 39.0. The molecule has 35 heavy (non-hydrogen) atoms. The fourth-order valence-corrected chi connectivity index (χ4v) is 4.36. The Hall–Kier alpha value is -4.15. The lowest BCUT2D eigenvalue weighted by Crippen LogP contribution is -2.31. The molecule has 4 nitrogen and oxygen atoms in total. The molecule has 1 heterocycles. The molecule has 0 aliphatic heterocycles. The van der Waals surface area contributed by atoms with Gasteiger partial charge in [0.2, 0.25) is 0 Å². The molecular weight excluding hydrogens is 454 g/mol. The lowest BCUT2D eigenvalue weighted by atomic mass is 9.98. The van der Waals surface area contributed by atoms with Crippen molar-refractivity contribution in [3.8, 4) is 16.9 Å². The molecule has 5 heteroatoms. The molecule has 4 aromatic carbocycles. The van der Waals surface area contributed by atoms with Gasteiger partial charge in [-0.2, -0.15) is 5.10 Å². The lowest BCUT2D eigenvalue weighted by molar-refractivity contribution is 0.0928. The fraction of sp³-hybridized carbons (Fsp3) is 0.0667. The van der Waals surface area contributed by atoms with Crippen LogP contribution in [0.5, 0.6) is 0 Å². The van der Waals surface area contributed by atoms with Gasteiger partial charge in [-0.1, -0.05) is 109 Å². The molecular formula is C30H24ClN3O. The van der Waals surface area contributed by atoms with Crippen LogP contribution in [0.1, 0.15) is 27.7 Å². The summed E-state index contributed by atoms with van der Waals surface area (Å²) >= 11 is 6.45. The Kier molecular flexibility index (Phi) is 6.73. The number of amides is 1. The van der Waals surface area contributed by atoms with Crippen molar-refractivity contribution in [2.75, 3.05) is 0 Å². The van der Waals surface area contributed by atoms with E-state index in [1.165, 1.54) is 0 Å². The van der Waals surface area contributed by atoms with Gasteiger partial charge in [0.15, 0.2) is 0 Å². The summed E-state index contributed by atoms with van der Waals surface area (Å²) < 4.78 is 1.68. The Balaban J connectivity index is 1.53. The highest BCUT2D eigenvalue weighted by Crippen LogP contribution is 2.29. The maximum Gasteiger partial charge on any atom is 0.270 e. The van der Waals surface area contributed by atoms with Gasteiger partial charge < -0.3 is 5.32 Å². The van der Waals surface area contributed by atoms with Crippen molar-refractivity contribution in [1.29, 1.82) is 0 Å². The smallest absolute Gasteiger partial charge is 0.270 e. The predicted molar refractivity (Wildman–Crippen MR) is 141 cm³/mol. The summed E-state index contributed by atoms with van der Waals surface area (Å²) in [5.41, 5.74) is 4.86. The van der Waals surface area contributed by atoms with Gasteiger partial charge in [-0.25, -0.2) is 4.68 Å². The van der Waals surface area contributed by atoms with Gasteiger partial charge in [0, 0.05) is 5.56 Å². The van der Waals surface area contributed by atoms with Crippen LogP contribution in [0.2, 0.25) is 5.02 Å². The van der Waals surface area contributed by atoms with Crippen LogP contribution in [0.3, 0.4) is 0 Å². The van der Waals surface area contributed by atoms with E-state index in [1.54, 1.807) is 10.7 Å². The van der Waals surface area contributed by atoms with E-state index in [2.05, 4.69) is 17.4 Å². The minimum atomic E-state index is -0.204. The Morgan fingerprint density at radius 2 is 1.40 bits per heavy atom. The van der Waals surface area contributed by atoms with Crippen molar-refractivity contribution >= 4 is 17.5 Å². The van der Waals surface area contributed by atoms with Crippen LogP contribution in [0.25, 0.3) is 16.9 Å². The Morgan fingerprint density at radius 3 is 2.09 bits per heavy atom. The van der Waals surface area contributed by atoms with Gasteiger partial charge >= 0.3 is 0 Å². The van der Waals surface area contributed by atoms with Gasteiger partial charge in [-0.05, 0) is 41.8 Å². The summed E-state index contributed by atoms with van der Waals surface area (Å²) in [6.45, 7) is 0. The molecule has 0 bridgehead atoms. The Bertz CT molecular complexity index is 1420. The largest absolute Gasteiger partial charge is 0.344 e. The second-order valence-corrected chi connectivity index (χ2v) is 8.68. The van der Waals surface area contributed by atoms with Crippen molar-refractivity contribution in [3.05, 3.63) is 143 Å². The monoisotopic (exact) mass is 477 g/mol. The molecule has 0 fully saturated rings. The van der Waals surface area contributed by atoms with E-state index in [4.69, 9.17) is 16.7 Å². The van der Waals surface area contributed by atoms with Crippen LogP contribution in [-0.2, 0) is 6.42 Å². The molecule has 172 valence electrons. The van der Waals surface area contributed by atoms with E-state index in [1.807, 2.05) is 103 Å². The standard InChI is InChI=1S/C30H24ClN3O/c31-26-19-11-10-18-25(26)28-21-29(34(33-28)24-16-8-3-9-17-24)30(35)32-27(23-14-6-2-7-15-23)20-22-12-4-1-5-13-22/h1-19,21,27H,20H2,(H,32,35). The molecule has 5 rings (SSSR count). The zero-order chi connectivity index (χ0) is 24.0. The number of hydrogen-bond donors (Lipinski definition) is 1. The molecule has 0 aliphatic rings. The summed E-state index contributed by atoms with van der Waals surface area (Å²) in [4.78, 5) is 13.7. The Labute approximate surface area is 209 Å². The maximum absolute atomic E-state index is 13.7. The van der Waals surface area contributed by atoms with Crippen molar-refractivity contribution in [3.63, 3.8) is 0 Å². The molecule has 1 N–H and O–H groups in total. The number of benzene rings is 4. The van der Waals surface area contributed by atoms with Crippen LogP contribution in [0.4, 0.5) is 0 Å². The maximum atomic E-state index is 13.7. The zero-order valence-electron chi connectivity index (χ0n) is 19.0. The molecule has 1 unspecified atom stereocenters. The summed E-state index contributed by atoms with van der Waals surface area (Å²) in [6.07, 6.45) is 0.674. The number of nitrogens with one attached hydrogen (secondary N) is 1. The van der Waals surface area contributed by atoms with Crippen molar-refractivity contribution < 1.29 is 4.79 Å². The van der Waals surface area contributed by atoms with E-state index < -0.39 is 0 Å². The number of nitrogens with zero attached hydrogens (tertiary/aromatic N) is 2. The molecule has 0 spiro atoms. The number of hydrogen-bond acceptors (Lipinski definition) is 2. The van der Waals surface area contributed by atoms with E-state index in [-0.39, 0.29) is 11.9 Å². The summed E-state index contributed by atoms with van der Waals surface area (Å²) in [7, 11) is 0. The zero-order valence-corrected chi connectivity index (χ0v) is 19.8. The van der Waals surface area contributed by atoms with E-state index in [9.17, 15) is 4.79 Å². The first kappa shape index (κ1) is 22.6. The first-order chi connectivity index (χ1) is 17.2. The second-order valence-electron chi connectivity index (χ2n) is 8.27. The minimum absolute atomic E-state index is 0.200. The van der Waals surface area contributed by atoms with E-state index in [0.717, 1.165) is 22.4 Å². The highest BCUT2D eigenvalue weighted by molar-refractivity contribution is 6.33. The second kappa shape index (κ2) is 10.4. The first-order valence-corrected chi connectivity index (χ1v) is 11.9. The molecule has 1 amide bonds. The summed E-state index contributed by atoms with van der Waals surface area (Å²) in [5.74, 6) is -0.204. The third kappa shape index (κ3) is 5.18. The molecule has 0 saturated heterocycles. The van der Waals surface area contributed by atoms with E-state index in [0.29, 0.717) is 22.8 Å². The highest BCUT2D eigenvalue weighted by Gasteiger charge is 2.22. The molecule has 1 atom stereocenters. The predicted octanol–water partition coefficient (Wildman–Crippen LogP) is 6.91. The highest BCUT2D eigenvalue weighted by atomic mass is 35.5. The number of carbonyl (C=O) groups excluding carboxylic acids is 1. The van der Waals surface area contributed by atoms with Crippen molar-refractivity contribution in [2.45, 2.75) is 12.5 Å². The minimum Gasteiger partial charge on any atom is -0.344 e. The number of aromatic nitrogens is 2. The van der Waals surface area contributed by atoms with Crippen LogP contribution >= 0.6 is 11.6 Å². The topological polar surface area (TPSA) is 46.9 Å². The van der Waals surface area contributed by atoms with Crippen LogP contribution in [0, 0.1) is 0 Å². The summed E-state index contributed by atoms with van der Waals surface area (Å²) in [5, 5.41) is 8.61. The molecule has 0 saturated carbocycles. The number of para-hydroxylation sites is 1. The average molecular weight is 478 g/mol. The van der Waals surface area contributed by atoms with Gasteiger partial charge in [-0.15, -0.1) is 0 Å². The van der Waals surface area contributed by atoms with Gasteiger partial charge in [-0.3, -0.25) is 4.79 Å². The number of carbonyl (C=O) groups is 1.